The number of carbonyl (C=O) groups excluding carboxylic acids is 2. The zero-order chi connectivity index (χ0) is 13.3. The van der Waals surface area contributed by atoms with Crippen LogP contribution >= 0.6 is 31.9 Å². The van der Waals surface area contributed by atoms with Crippen molar-refractivity contribution in [3.8, 4) is 0 Å². The molecule has 0 aromatic carbocycles. The molecule has 0 amide bonds. The van der Waals surface area contributed by atoms with E-state index in [-0.39, 0.29) is 18.3 Å². The van der Waals surface area contributed by atoms with Crippen molar-refractivity contribution in [2.45, 2.75) is 21.7 Å². The highest BCUT2D eigenvalue weighted by atomic mass is 79.9. The summed E-state index contributed by atoms with van der Waals surface area (Å²) in [5.74, 6) is -1.08. The number of carbonyl (C=O) groups is 2. The van der Waals surface area contributed by atoms with E-state index in [4.69, 9.17) is 9.47 Å². The number of alkyl halides is 2. The SMILES string of the molecule is COC(=O)CC1CC(Br)(OC)C1(Br)C(=O)OC. The molecule has 98 valence electrons. The maximum Gasteiger partial charge on any atom is 0.326 e. The molecule has 3 unspecified atom stereocenters. The van der Waals surface area contributed by atoms with Gasteiger partial charge in [0.05, 0.1) is 20.6 Å². The molecule has 0 bridgehead atoms. The van der Waals surface area contributed by atoms with E-state index in [0.717, 1.165) is 0 Å². The van der Waals surface area contributed by atoms with Gasteiger partial charge in [-0.25, -0.2) is 0 Å². The zero-order valence-electron chi connectivity index (χ0n) is 9.79. The molecule has 0 aromatic heterocycles. The Labute approximate surface area is 116 Å². The highest BCUT2D eigenvalue weighted by molar-refractivity contribution is 9.13. The van der Waals surface area contributed by atoms with Gasteiger partial charge in [0.15, 0.2) is 4.32 Å². The molecule has 1 fully saturated rings. The average molecular weight is 374 g/mol. The van der Waals surface area contributed by atoms with Crippen LogP contribution in [0.4, 0.5) is 0 Å². The Morgan fingerprint density at radius 2 is 1.82 bits per heavy atom. The minimum absolute atomic E-state index is 0.133. The number of ether oxygens (including phenoxy) is 3. The van der Waals surface area contributed by atoms with Crippen LogP contribution in [0.25, 0.3) is 0 Å². The molecule has 17 heavy (non-hydrogen) atoms. The predicted molar refractivity (Wildman–Crippen MR) is 67.1 cm³/mol. The molecule has 0 aliphatic heterocycles. The number of hydrogen-bond acceptors (Lipinski definition) is 5. The van der Waals surface area contributed by atoms with E-state index in [1.165, 1.54) is 21.3 Å². The fourth-order valence-corrected chi connectivity index (χ4v) is 3.66. The molecule has 0 spiro atoms. The van der Waals surface area contributed by atoms with Crippen molar-refractivity contribution in [2.24, 2.45) is 5.92 Å². The fraction of sp³-hybridized carbons (Fsp3) is 0.800. The van der Waals surface area contributed by atoms with E-state index in [0.29, 0.717) is 6.42 Å². The minimum Gasteiger partial charge on any atom is -0.469 e. The van der Waals surface area contributed by atoms with Crippen LogP contribution in [0.3, 0.4) is 0 Å². The molecule has 0 radical (unpaired) electrons. The lowest BCUT2D eigenvalue weighted by atomic mass is 9.68. The number of halogens is 2. The molecule has 5 nitrogen and oxygen atoms in total. The molecular formula is C10H14Br2O5. The summed E-state index contributed by atoms with van der Waals surface area (Å²) < 4.78 is 12.7. The van der Waals surface area contributed by atoms with E-state index in [9.17, 15) is 9.59 Å². The largest absolute Gasteiger partial charge is 0.469 e. The summed E-state index contributed by atoms with van der Waals surface area (Å²) in [5.41, 5.74) is 0. The highest BCUT2D eigenvalue weighted by Crippen LogP contribution is 2.60. The second kappa shape index (κ2) is 5.24. The molecule has 1 saturated carbocycles. The quantitative estimate of drug-likeness (QED) is 0.553. The molecule has 7 heteroatoms. The van der Waals surface area contributed by atoms with Gasteiger partial charge in [0.2, 0.25) is 0 Å². The summed E-state index contributed by atoms with van der Waals surface area (Å²) in [4.78, 5) is 23.1. The average Bonchev–Trinajstić information content (AvgIpc) is 2.35. The van der Waals surface area contributed by atoms with Crippen molar-refractivity contribution in [1.29, 1.82) is 0 Å². The third kappa shape index (κ3) is 2.24. The van der Waals surface area contributed by atoms with Gasteiger partial charge in [0, 0.05) is 13.0 Å². The first-order valence-corrected chi connectivity index (χ1v) is 6.52. The fourth-order valence-electron chi connectivity index (χ4n) is 1.98. The lowest BCUT2D eigenvalue weighted by Gasteiger charge is -2.54. The van der Waals surface area contributed by atoms with Gasteiger partial charge < -0.3 is 14.2 Å². The second-order valence-corrected chi connectivity index (χ2v) is 6.35. The lowest BCUT2D eigenvalue weighted by molar-refractivity contribution is -0.164. The van der Waals surface area contributed by atoms with Crippen LogP contribution in [0.15, 0.2) is 0 Å². The third-order valence-electron chi connectivity index (χ3n) is 3.06. The monoisotopic (exact) mass is 372 g/mol. The van der Waals surface area contributed by atoms with Crippen LogP contribution in [-0.4, -0.2) is 42.1 Å². The van der Waals surface area contributed by atoms with Gasteiger partial charge in [-0.3, -0.25) is 9.59 Å². The second-order valence-electron chi connectivity index (χ2n) is 3.82. The van der Waals surface area contributed by atoms with Gasteiger partial charge >= 0.3 is 11.9 Å². The minimum atomic E-state index is -1.07. The Morgan fingerprint density at radius 1 is 1.24 bits per heavy atom. The van der Waals surface area contributed by atoms with Gasteiger partial charge in [-0.1, -0.05) is 31.9 Å². The number of esters is 2. The summed E-state index contributed by atoms with van der Waals surface area (Å²) in [6.45, 7) is 0. The number of hydrogen-bond donors (Lipinski definition) is 0. The van der Waals surface area contributed by atoms with Crippen molar-refractivity contribution in [1.82, 2.24) is 0 Å². The van der Waals surface area contributed by atoms with Gasteiger partial charge in [-0.05, 0) is 6.42 Å². The highest BCUT2D eigenvalue weighted by Gasteiger charge is 2.69. The van der Waals surface area contributed by atoms with Crippen LogP contribution in [0.5, 0.6) is 0 Å². The molecule has 0 saturated heterocycles. The van der Waals surface area contributed by atoms with E-state index in [1.807, 2.05) is 0 Å². The normalized spacial score (nSPS) is 35.9. The Hall–Kier alpha value is -0.140. The predicted octanol–water partition coefficient (Wildman–Crippen LogP) is 1.61. The van der Waals surface area contributed by atoms with Crippen LogP contribution < -0.4 is 0 Å². The smallest absolute Gasteiger partial charge is 0.326 e. The molecule has 3 atom stereocenters. The molecule has 1 aliphatic carbocycles. The van der Waals surface area contributed by atoms with Gasteiger partial charge in [0.1, 0.15) is 4.51 Å². The van der Waals surface area contributed by atoms with Gasteiger partial charge in [-0.15, -0.1) is 0 Å². The molecule has 0 heterocycles. The first-order valence-electron chi connectivity index (χ1n) is 4.94. The van der Waals surface area contributed by atoms with Crippen molar-refractivity contribution in [3.05, 3.63) is 0 Å². The van der Waals surface area contributed by atoms with Crippen molar-refractivity contribution in [2.75, 3.05) is 21.3 Å². The molecule has 1 aliphatic rings. The van der Waals surface area contributed by atoms with Crippen molar-refractivity contribution in [3.63, 3.8) is 0 Å². The van der Waals surface area contributed by atoms with Crippen LogP contribution in [0, 0.1) is 5.92 Å². The Morgan fingerprint density at radius 3 is 2.24 bits per heavy atom. The summed E-state index contributed by atoms with van der Waals surface area (Å²) in [5, 5.41) is 0. The zero-order valence-corrected chi connectivity index (χ0v) is 13.0. The van der Waals surface area contributed by atoms with E-state index in [1.54, 1.807) is 0 Å². The Bertz CT molecular complexity index is 335. The van der Waals surface area contributed by atoms with Crippen LogP contribution in [0.1, 0.15) is 12.8 Å². The van der Waals surface area contributed by atoms with Gasteiger partial charge in [0.25, 0.3) is 0 Å². The number of rotatable bonds is 4. The summed E-state index contributed by atoms with van der Waals surface area (Å²) in [6.07, 6.45) is 0.645. The van der Waals surface area contributed by atoms with E-state index in [2.05, 4.69) is 36.6 Å². The number of methoxy groups -OCH3 is 3. The molecule has 1 rings (SSSR count). The lowest BCUT2D eigenvalue weighted by Crippen LogP contribution is -2.67. The Balaban J connectivity index is 2.90. The van der Waals surface area contributed by atoms with Crippen molar-refractivity contribution >= 4 is 43.8 Å². The maximum atomic E-state index is 11.8. The van der Waals surface area contributed by atoms with Gasteiger partial charge in [-0.2, -0.15) is 0 Å². The standard InChI is InChI=1S/C10H14Br2O5/c1-15-7(13)4-6-5-9(11,17-3)10(6,12)8(14)16-2/h6H,4-5H2,1-3H3. The molecule has 0 aromatic rings. The summed E-state index contributed by atoms with van der Waals surface area (Å²) in [7, 11) is 4.09. The summed E-state index contributed by atoms with van der Waals surface area (Å²) >= 11 is 6.71. The Kier molecular flexibility index (Phi) is 4.60. The molecule has 0 N–H and O–H groups in total. The topological polar surface area (TPSA) is 61.8 Å². The first-order chi connectivity index (χ1) is 7.85. The van der Waals surface area contributed by atoms with E-state index < -0.39 is 14.8 Å². The van der Waals surface area contributed by atoms with Crippen LogP contribution in [0.2, 0.25) is 0 Å². The summed E-state index contributed by atoms with van der Waals surface area (Å²) in [6, 6.07) is 0. The maximum absolute atomic E-state index is 11.8. The van der Waals surface area contributed by atoms with E-state index >= 15 is 0 Å². The van der Waals surface area contributed by atoms with Crippen LogP contribution in [-0.2, 0) is 23.8 Å². The first kappa shape index (κ1) is 14.9. The molecular weight excluding hydrogens is 360 g/mol. The third-order valence-corrected chi connectivity index (χ3v) is 6.48. The van der Waals surface area contributed by atoms with Crippen molar-refractivity contribution < 1.29 is 23.8 Å².